The second kappa shape index (κ2) is 6.26. The van der Waals surface area contributed by atoms with Crippen molar-refractivity contribution in [3.63, 3.8) is 0 Å². The standard InChI is InChI=1S/C19H16N4O/c20-11-15-4-1-2-6-17(15)19-22-18(23-24-19)14-7-8-16-12-21-9-3-5-13(16)10-14/h1-2,4,6-8,10,21H,3,5,9,12H2. The quantitative estimate of drug-likeness (QED) is 0.785. The molecule has 0 aliphatic carbocycles. The zero-order valence-corrected chi connectivity index (χ0v) is 13.1. The molecule has 118 valence electrons. The Hall–Kier alpha value is -2.97. The first-order chi connectivity index (χ1) is 11.8. The van der Waals surface area contributed by atoms with Crippen molar-refractivity contribution in [2.75, 3.05) is 6.54 Å². The maximum absolute atomic E-state index is 9.22. The number of aryl methyl sites for hydroxylation is 1. The lowest BCUT2D eigenvalue weighted by molar-refractivity contribution is 0.432. The molecule has 0 unspecified atom stereocenters. The molecular formula is C19H16N4O. The van der Waals surface area contributed by atoms with Crippen LogP contribution in [0, 0.1) is 11.3 Å². The monoisotopic (exact) mass is 316 g/mol. The fourth-order valence-electron chi connectivity index (χ4n) is 3.01. The first-order valence-corrected chi connectivity index (χ1v) is 8.01. The molecule has 1 aromatic heterocycles. The zero-order chi connectivity index (χ0) is 16.4. The van der Waals surface area contributed by atoms with Gasteiger partial charge in [0.15, 0.2) is 0 Å². The van der Waals surface area contributed by atoms with Gasteiger partial charge in [-0.05, 0) is 48.7 Å². The summed E-state index contributed by atoms with van der Waals surface area (Å²) in [6.45, 7) is 1.95. The molecule has 0 bridgehead atoms. The van der Waals surface area contributed by atoms with Gasteiger partial charge in [-0.1, -0.05) is 29.4 Å². The lowest BCUT2D eigenvalue weighted by Gasteiger charge is -2.06. The normalized spacial score (nSPS) is 13.8. The van der Waals surface area contributed by atoms with Crippen LogP contribution in [-0.2, 0) is 13.0 Å². The van der Waals surface area contributed by atoms with Crippen LogP contribution in [0.5, 0.6) is 0 Å². The van der Waals surface area contributed by atoms with Crippen molar-refractivity contribution < 1.29 is 4.52 Å². The van der Waals surface area contributed by atoms with Crippen molar-refractivity contribution >= 4 is 0 Å². The fourth-order valence-corrected chi connectivity index (χ4v) is 3.01. The molecule has 2 heterocycles. The van der Waals surface area contributed by atoms with Crippen LogP contribution in [-0.4, -0.2) is 16.7 Å². The number of nitrogens with zero attached hydrogens (tertiary/aromatic N) is 3. The number of hydrogen-bond acceptors (Lipinski definition) is 5. The van der Waals surface area contributed by atoms with E-state index in [4.69, 9.17) is 4.52 Å². The van der Waals surface area contributed by atoms with E-state index < -0.39 is 0 Å². The van der Waals surface area contributed by atoms with Crippen molar-refractivity contribution in [3.8, 4) is 28.9 Å². The number of hydrogen-bond donors (Lipinski definition) is 1. The fraction of sp³-hybridized carbons (Fsp3) is 0.211. The van der Waals surface area contributed by atoms with Gasteiger partial charge in [-0.15, -0.1) is 0 Å². The molecule has 0 radical (unpaired) electrons. The summed E-state index contributed by atoms with van der Waals surface area (Å²) in [6.07, 6.45) is 2.18. The van der Waals surface area contributed by atoms with Crippen molar-refractivity contribution in [1.29, 1.82) is 5.26 Å². The Labute approximate surface area is 139 Å². The third kappa shape index (κ3) is 2.68. The molecule has 0 fully saturated rings. The molecule has 1 N–H and O–H groups in total. The molecule has 5 heteroatoms. The average Bonchev–Trinajstić information content (AvgIpc) is 3.00. The SMILES string of the molecule is N#Cc1ccccc1-c1nc(-c2ccc3c(c2)CCCNC3)no1. The predicted molar refractivity (Wildman–Crippen MR) is 89.9 cm³/mol. The van der Waals surface area contributed by atoms with Crippen LogP contribution in [0.4, 0.5) is 0 Å². The number of fused-ring (bicyclic) bond motifs is 1. The second-order valence-corrected chi connectivity index (χ2v) is 5.84. The lowest BCUT2D eigenvalue weighted by atomic mass is 10.0. The van der Waals surface area contributed by atoms with Gasteiger partial charge in [-0.2, -0.15) is 10.2 Å². The van der Waals surface area contributed by atoms with E-state index in [-0.39, 0.29) is 0 Å². The van der Waals surface area contributed by atoms with Crippen LogP contribution in [0.3, 0.4) is 0 Å². The Morgan fingerprint density at radius 2 is 2.04 bits per heavy atom. The molecule has 0 spiro atoms. The lowest BCUT2D eigenvalue weighted by Crippen LogP contribution is -2.11. The minimum absolute atomic E-state index is 0.374. The van der Waals surface area contributed by atoms with E-state index in [1.54, 1.807) is 6.07 Å². The molecule has 1 aliphatic heterocycles. The van der Waals surface area contributed by atoms with Crippen LogP contribution in [0.25, 0.3) is 22.8 Å². The van der Waals surface area contributed by atoms with Gasteiger partial charge < -0.3 is 9.84 Å². The number of benzene rings is 2. The smallest absolute Gasteiger partial charge is 0.259 e. The van der Waals surface area contributed by atoms with Crippen LogP contribution < -0.4 is 5.32 Å². The molecule has 1 aliphatic rings. The summed E-state index contributed by atoms with van der Waals surface area (Å²) in [5.41, 5.74) is 4.80. The van der Waals surface area contributed by atoms with Gasteiger partial charge in [-0.3, -0.25) is 0 Å². The summed E-state index contributed by atoms with van der Waals surface area (Å²) >= 11 is 0. The van der Waals surface area contributed by atoms with E-state index in [1.807, 2.05) is 24.3 Å². The Bertz CT molecular complexity index is 923. The molecule has 3 aromatic rings. The maximum atomic E-state index is 9.22. The van der Waals surface area contributed by atoms with Crippen LogP contribution in [0.15, 0.2) is 47.0 Å². The van der Waals surface area contributed by atoms with E-state index in [9.17, 15) is 5.26 Å². The van der Waals surface area contributed by atoms with Crippen LogP contribution in [0.1, 0.15) is 23.1 Å². The molecule has 24 heavy (non-hydrogen) atoms. The molecule has 2 aromatic carbocycles. The van der Waals surface area contributed by atoms with Crippen molar-refractivity contribution in [1.82, 2.24) is 15.5 Å². The number of nitriles is 1. The van der Waals surface area contributed by atoms with Gasteiger partial charge in [0.2, 0.25) is 5.82 Å². The van der Waals surface area contributed by atoms with Crippen LogP contribution >= 0.6 is 0 Å². The number of nitrogens with one attached hydrogen (secondary N) is 1. The molecule has 0 atom stereocenters. The van der Waals surface area contributed by atoms with Crippen molar-refractivity contribution in [3.05, 3.63) is 59.2 Å². The van der Waals surface area contributed by atoms with Crippen LogP contribution in [0.2, 0.25) is 0 Å². The van der Waals surface area contributed by atoms with Gasteiger partial charge in [0.25, 0.3) is 5.89 Å². The van der Waals surface area contributed by atoms with Gasteiger partial charge in [0.1, 0.15) is 0 Å². The first-order valence-electron chi connectivity index (χ1n) is 8.01. The largest absolute Gasteiger partial charge is 0.334 e. The highest BCUT2D eigenvalue weighted by atomic mass is 16.5. The number of rotatable bonds is 2. The van der Waals surface area contributed by atoms with E-state index in [1.165, 1.54) is 11.1 Å². The highest BCUT2D eigenvalue weighted by molar-refractivity contribution is 5.65. The maximum Gasteiger partial charge on any atom is 0.259 e. The summed E-state index contributed by atoms with van der Waals surface area (Å²) in [5, 5.41) is 16.7. The van der Waals surface area contributed by atoms with E-state index >= 15 is 0 Å². The van der Waals surface area contributed by atoms with E-state index in [0.29, 0.717) is 22.8 Å². The minimum atomic E-state index is 0.374. The molecule has 0 saturated heterocycles. The third-order valence-electron chi connectivity index (χ3n) is 4.28. The third-order valence-corrected chi connectivity index (χ3v) is 4.28. The minimum Gasteiger partial charge on any atom is -0.334 e. The summed E-state index contributed by atoms with van der Waals surface area (Å²) in [6, 6.07) is 15.7. The highest BCUT2D eigenvalue weighted by Crippen LogP contribution is 2.26. The first kappa shape index (κ1) is 14.6. The Morgan fingerprint density at radius 1 is 1.12 bits per heavy atom. The van der Waals surface area contributed by atoms with E-state index in [2.05, 4.69) is 33.7 Å². The van der Waals surface area contributed by atoms with Crippen molar-refractivity contribution in [2.45, 2.75) is 19.4 Å². The summed E-state index contributed by atoms with van der Waals surface area (Å²) in [5.74, 6) is 0.927. The van der Waals surface area contributed by atoms with E-state index in [0.717, 1.165) is 31.5 Å². The molecule has 4 rings (SSSR count). The predicted octanol–water partition coefficient (Wildman–Crippen LogP) is 3.31. The topological polar surface area (TPSA) is 74.7 Å². The summed E-state index contributed by atoms with van der Waals surface area (Å²) in [7, 11) is 0. The Kier molecular flexibility index (Phi) is 3.81. The molecule has 0 saturated carbocycles. The van der Waals surface area contributed by atoms with Gasteiger partial charge >= 0.3 is 0 Å². The molecule has 0 amide bonds. The van der Waals surface area contributed by atoms with Gasteiger partial charge in [0, 0.05) is 12.1 Å². The summed E-state index contributed by atoms with van der Waals surface area (Å²) < 4.78 is 5.39. The Balaban J connectivity index is 1.71. The van der Waals surface area contributed by atoms with Gasteiger partial charge in [-0.25, -0.2) is 0 Å². The highest BCUT2D eigenvalue weighted by Gasteiger charge is 2.15. The average molecular weight is 316 g/mol. The van der Waals surface area contributed by atoms with Crippen molar-refractivity contribution in [2.24, 2.45) is 0 Å². The molecule has 5 nitrogen and oxygen atoms in total. The zero-order valence-electron chi connectivity index (χ0n) is 13.1. The number of aromatic nitrogens is 2. The van der Waals surface area contributed by atoms with Gasteiger partial charge in [0.05, 0.1) is 17.2 Å². The second-order valence-electron chi connectivity index (χ2n) is 5.84. The summed E-state index contributed by atoms with van der Waals surface area (Å²) in [4.78, 5) is 4.49. The molecular weight excluding hydrogens is 300 g/mol. The Morgan fingerprint density at radius 3 is 2.96 bits per heavy atom.